The van der Waals surface area contributed by atoms with Gasteiger partial charge in [-0.15, -0.1) is 0 Å². The lowest BCUT2D eigenvalue weighted by Gasteiger charge is -2.16. The van der Waals surface area contributed by atoms with Crippen molar-refractivity contribution in [2.75, 3.05) is 20.2 Å². The Labute approximate surface area is 304 Å². The van der Waals surface area contributed by atoms with Crippen molar-refractivity contribution < 1.29 is 14.3 Å². The number of nitrogens with zero attached hydrogens (tertiary/aromatic N) is 2. The highest BCUT2D eigenvalue weighted by Gasteiger charge is 2.22. The zero-order chi connectivity index (χ0) is 35.5. The highest BCUT2D eigenvalue weighted by Crippen LogP contribution is 2.42. The van der Waals surface area contributed by atoms with E-state index < -0.39 is 0 Å². The van der Waals surface area contributed by atoms with Crippen molar-refractivity contribution in [1.82, 2.24) is 36.2 Å². The first-order valence-electron chi connectivity index (χ1n) is 16.9. The molecule has 0 aliphatic carbocycles. The van der Waals surface area contributed by atoms with Crippen molar-refractivity contribution in [3.8, 4) is 39.4 Å². The molecule has 2 aliphatic rings. The molecule has 2 saturated heterocycles. The summed E-state index contributed by atoms with van der Waals surface area (Å²) >= 11 is 14.2. The van der Waals surface area contributed by atoms with Crippen LogP contribution in [0.4, 0.5) is 0 Å². The molecular weight excluding hydrogens is 689 g/mol. The van der Waals surface area contributed by atoms with Crippen LogP contribution < -0.4 is 31.6 Å². The van der Waals surface area contributed by atoms with E-state index in [0.29, 0.717) is 77.4 Å². The molecule has 2 aromatic heterocycles. The Bertz CT molecular complexity index is 2190. The number of ether oxygens (including phenoxy) is 1. The summed E-state index contributed by atoms with van der Waals surface area (Å²) in [5.41, 5.74) is 5.66. The summed E-state index contributed by atoms with van der Waals surface area (Å²) in [6, 6.07) is 21.1. The summed E-state index contributed by atoms with van der Waals surface area (Å²) in [6.45, 7) is 2.15. The summed E-state index contributed by atoms with van der Waals surface area (Å²) in [5.74, 6) is 1.15. The number of hydrogen-bond donors (Lipinski definition) is 5. The summed E-state index contributed by atoms with van der Waals surface area (Å²) in [5, 5.41) is 14.0. The van der Waals surface area contributed by atoms with Crippen LogP contribution >= 0.6 is 23.2 Å². The van der Waals surface area contributed by atoms with E-state index in [1.54, 1.807) is 13.2 Å². The molecule has 2 aliphatic heterocycles. The molecule has 0 bridgehead atoms. The zero-order valence-corrected chi connectivity index (χ0v) is 29.5. The Hall–Kier alpha value is -4.81. The van der Waals surface area contributed by atoms with Gasteiger partial charge in [0.2, 0.25) is 17.7 Å². The molecule has 7 rings (SSSR count). The number of hydrogen-bond acceptors (Lipinski definition) is 8. The second-order valence-electron chi connectivity index (χ2n) is 12.8. The first-order valence-corrected chi connectivity index (χ1v) is 17.7. The maximum absolute atomic E-state index is 12.9. The van der Waals surface area contributed by atoms with Crippen LogP contribution in [-0.2, 0) is 22.7 Å². The number of carbonyl (C=O) groups excluding carboxylic acids is 2. The summed E-state index contributed by atoms with van der Waals surface area (Å²) in [4.78, 5) is 48.3. The predicted octanol–water partition coefficient (Wildman–Crippen LogP) is 5.37. The molecule has 5 aromatic rings. The van der Waals surface area contributed by atoms with Crippen LogP contribution in [0.25, 0.3) is 44.4 Å². The fourth-order valence-corrected chi connectivity index (χ4v) is 7.34. The third-order valence-electron chi connectivity index (χ3n) is 9.32. The third kappa shape index (κ3) is 7.62. The maximum atomic E-state index is 12.9. The molecule has 0 unspecified atom stereocenters. The van der Waals surface area contributed by atoms with Gasteiger partial charge in [-0.05, 0) is 36.6 Å². The normalized spacial score (nSPS) is 17.2. The Kier molecular flexibility index (Phi) is 10.3. The molecule has 0 saturated carbocycles. The smallest absolute Gasteiger partial charge is 0.258 e. The van der Waals surface area contributed by atoms with Crippen molar-refractivity contribution in [2.24, 2.45) is 0 Å². The number of aromatic amines is 1. The van der Waals surface area contributed by atoms with E-state index >= 15 is 0 Å². The van der Waals surface area contributed by atoms with Gasteiger partial charge >= 0.3 is 0 Å². The Balaban J connectivity index is 1.12. The largest absolute Gasteiger partial charge is 0.481 e. The first kappa shape index (κ1) is 34.6. The molecule has 51 heavy (non-hydrogen) atoms. The van der Waals surface area contributed by atoms with Gasteiger partial charge in [0, 0.05) is 72.4 Å². The predicted molar refractivity (Wildman–Crippen MR) is 199 cm³/mol. The number of fused-ring (bicyclic) bond motifs is 1. The lowest BCUT2D eigenvalue weighted by molar-refractivity contribution is -0.120. The van der Waals surface area contributed by atoms with Gasteiger partial charge in [-0.25, -0.2) is 9.97 Å². The number of benzene rings is 3. The number of methoxy groups -OCH3 is 1. The van der Waals surface area contributed by atoms with Crippen LogP contribution in [0.3, 0.4) is 0 Å². The Morgan fingerprint density at radius 3 is 2.04 bits per heavy atom. The molecule has 2 atom stereocenters. The number of pyridine rings is 1. The molecule has 3 aromatic carbocycles. The van der Waals surface area contributed by atoms with E-state index in [1.165, 1.54) is 0 Å². The molecule has 0 spiro atoms. The minimum Gasteiger partial charge on any atom is -0.481 e. The average Bonchev–Trinajstić information content (AvgIpc) is 3.75. The van der Waals surface area contributed by atoms with E-state index in [9.17, 15) is 14.4 Å². The van der Waals surface area contributed by atoms with Crippen molar-refractivity contribution in [3.05, 3.63) is 98.5 Å². The van der Waals surface area contributed by atoms with Crippen molar-refractivity contribution >= 4 is 45.9 Å². The van der Waals surface area contributed by atoms with Gasteiger partial charge in [0.25, 0.3) is 5.56 Å². The second-order valence-corrected chi connectivity index (χ2v) is 13.6. The van der Waals surface area contributed by atoms with Crippen LogP contribution in [0.2, 0.25) is 10.0 Å². The SMILES string of the molecule is COc1nc(-c2cccc(-c3cccc(-c4ccc5c(=O)[nH]c(CNC[C@@H]6CCC(=O)N6)nc5c4)c3Cl)c2Cl)ccc1CNC[C@@H]1CCC(=O)N1. The van der Waals surface area contributed by atoms with Gasteiger partial charge < -0.3 is 31.0 Å². The lowest BCUT2D eigenvalue weighted by Crippen LogP contribution is -2.35. The molecule has 2 fully saturated rings. The van der Waals surface area contributed by atoms with Gasteiger partial charge in [0.1, 0.15) is 5.82 Å². The second kappa shape index (κ2) is 15.2. The number of nitrogens with one attached hydrogen (secondary N) is 5. The van der Waals surface area contributed by atoms with E-state index in [4.69, 9.17) is 37.9 Å². The molecule has 262 valence electrons. The Morgan fingerprint density at radius 1 is 0.765 bits per heavy atom. The average molecular weight is 727 g/mol. The monoisotopic (exact) mass is 725 g/mol. The highest BCUT2D eigenvalue weighted by atomic mass is 35.5. The molecular formula is C38H37Cl2N7O4. The van der Waals surface area contributed by atoms with Gasteiger partial charge in [-0.3, -0.25) is 14.4 Å². The minimum atomic E-state index is -0.227. The molecule has 0 radical (unpaired) electrons. The molecule has 11 nitrogen and oxygen atoms in total. The van der Waals surface area contributed by atoms with Crippen molar-refractivity contribution in [3.63, 3.8) is 0 Å². The topological polar surface area (TPSA) is 150 Å². The van der Waals surface area contributed by atoms with E-state index in [1.807, 2.05) is 60.7 Å². The van der Waals surface area contributed by atoms with Gasteiger partial charge in [-0.2, -0.15) is 0 Å². The van der Waals surface area contributed by atoms with Crippen molar-refractivity contribution in [2.45, 2.75) is 50.9 Å². The molecule has 2 amide bonds. The van der Waals surface area contributed by atoms with Gasteiger partial charge in [0.05, 0.1) is 40.3 Å². The van der Waals surface area contributed by atoms with Gasteiger partial charge in [-0.1, -0.05) is 71.7 Å². The molecule has 13 heteroatoms. The Morgan fingerprint density at radius 2 is 1.39 bits per heavy atom. The quantitative estimate of drug-likeness (QED) is 0.115. The van der Waals surface area contributed by atoms with E-state index in [-0.39, 0.29) is 29.5 Å². The highest BCUT2D eigenvalue weighted by molar-refractivity contribution is 6.39. The standard InChI is InChI=1S/C38H37Cl2N7O4/c1-51-38-22(17-41-18-23-10-14-33(48)43-23)9-13-30(46-38)28-7-3-6-27(36(28)40)26-5-2-4-25(35(26)39)21-8-12-29-31(16-21)45-32(47-37(29)50)20-42-19-24-11-15-34(49)44-24/h2-9,12-13,16,23-24,41-42H,10-11,14-15,17-20H2,1H3,(H,43,48)(H,44,49)(H,45,47,50)/t23-,24-/m0/s1. The number of aromatic nitrogens is 3. The van der Waals surface area contributed by atoms with Crippen LogP contribution in [-0.4, -0.2) is 59.0 Å². The fraction of sp³-hybridized carbons (Fsp3) is 0.289. The third-order valence-corrected chi connectivity index (χ3v) is 10.1. The summed E-state index contributed by atoms with van der Waals surface area (Å²) in [6.07, 6.45) is 2.71. The van der Waals surface area contributed by atoms with Crippen LogP contribution in [0.15, 0.2) is 71.5 Å². The zero-order valence-electron chi connectivity index (χ0n) is 27.9. The fourth-order valence-electron chi connectivity index (χ4n) is 6.68. The summed E-state index contributed by atoms with van der Waals surface area (Å²) in [7, 11) is 1.59. The lowest BCUT2D eigenvalue weighted by atomic mass is 9.96. The summed E-state index contributed by atoms with van der Waals surface area (Å²) < 4.78 is 5.65. The van der Waals surface area contributed by atoms with Crippen molar-refractivity contribution in [1.29, 1.82) is 0 Å². The number of amides is 2. The minimum absolute atomic E-state index is 0.0605. The number of H-pyrrole nitrogens is 1. The maximum Gasteiger partial charge on any atom is 0.258 e. The van der Waals surface area contributed by atoms with E-state index in [0.717, 1.165) is 46.2 Å². The van der Waals surface area contributed by atoms with Crippen LogP contribution in [0.5, 0.6) is 5.88 Å². The molecule has 5 N–H and O–H groups in total. The van der Waals surface area contributed by atoms with Gasteiger partial charge in [0.15, 0.2) is 0 Å². The van der Waals surface area contributed by atoms with Crippen LogP contribution in [0, 0.1) is 0 Å². The molecule has 4 heterocycles. The van der Waals surface area contributed by atoms with Crippen LogP contribution in [0.1, 0.15) is 37.1 Å². The number of halogens is 2. The van der Waals surface area contributed by atoms with E-state index in [2.05, 4.69) is 26.3 Å². The first-order chi connectivity index (χ1) is 24.8. The number of carbonyl (C=O) groups is 2. The number of rotatable bonds is 12.